The highest BCUT2D eigenvalue weighted by atomic mass is 35.5. The topological polar surface area (TPSA) is 3.24 Å². The third-order valence-electron chi connectivity index (χ3n) is 2.33. The molecule has 0 heterocycles. The van der Waals surface area contributed by atoms with Gasteiger partial charge < -0.3 is 4.90 Å². The second kappa shape index (κ2) is 5.76. The summed E-state index contributed by atoms with van der Waals surface area (Å²) in [7, 11) is 0. The van der Waals surface area contributed by atoms with Gasteiger partial charge in [-0.05, 0) is 24.3 Å². The van der Waals surface area contributed by atoms with Crippen molar-refractivity contribution in [1.29, 1.82) is 0 Å². The van der Waals surface area contributed by atoms with E-state index >= 15 is 0 Å². The van der Waals surface area contributed by atoms with E-state index in [1.165, 1.54) is 5.54 Å². The van der Waals surface area contributed by atoms with Gasteiger partial charge in [0.15, 0.2) is 0 Å². The van der Waals surface area contributed by atoms with E-state index in [0.29, 0.717) is 5.16 Å². The van der Waals surface area contributed by atoms with Crippen LogP contribution in [0.15, 0.2) is 71.4 Å². The van der Waals surface area contributed by atoms with Crippen LogP contribution in [0.2, 0.25) is 0 Å². The Kier molecular flexibility index (Phi) is 4.08. The lowest BCUT2D eigenvalue weighted by Crippen LogP contribution is -2.12. The third kappa shape index (κ3) is 2.82. The first-order valence-electron chi connectivity index (χ1n) is 5.19. The van der Waals surface area contributed by atoms with Crippen LogP contribution >= 0.6 is 23.2 Å². The number of nitrogens with zero attached hydrogens (tertiary/aromatic N) is 1. The minimum atomic E-state index is 0.462. The second-order valence-electron chi connectivity index (χ2n) is 3.44. The summed E-state index contributed by atoms with van der Waals surface area (Å²) in [6.07, 6.45) is 0. The van der Waals surface area contributed by atoms with Crippen molar-refractivity contribution in [2.45, 2.75) is 0 Å². The van der Waals surface area contributed by atoms with Crippen LogP contribution in [0.3, 0.4) is 0 Å². The maximum atomic E-state index is 6.16. The quantitative estimate of drug-likeness (QED) is 0.697. The molecule has 2 rings (SSSR count). The van der Waals surface area contributed by atoms with Gasteiger partial charge in [0, 0.05) is 16.9 Å². The van der Waals surface area contributed by atoms with E-state index in [2.05, 4.69) is 0 Å². The summed E-state index contributed by atoms with van der Waals surface area (Å²) in [4.78, 5) is 1.88. The molecule has 0 aliphatic rings. The van der Waals surface area contributed by atoms with Gasteiger partial charge in [-0.15, -0.1) is 0 Å². The van der Waals surface area contributed by atoms with Gasteiger partial charge in [0.2, 0.25) is 0 Å². The Bertz CT molecular complexity index is 455. The molecule has 3 heteroatoms. The largest absolute Gasteiger partial charge is 0.300 e. The predicted molar refractivity (Wildman–Crippen MR) is 74.8 cm³/mol. The first-order valence-corrected chi connectivity index (χ1v) is 6.00. The normalized spacial score (nSPS) is 11.3. The van der Waals surface area contributed by atoms with Gasteiger partial charge >= 0.3 is 0 Å². The third-order valence-corrected chi connectivity index (χ3v) is 2.93. The zero-order valence-corrected chi connectivity index (χ0v) is 10.6. The Labute approximate surface area is 111 Å². The molecule has 0 saturated carbocycles. The van der Waals surface area contributed by atoms with Crippen LogP contribution in [0.4, 0.5) is 11.4 Å². The van der Waals surface area contributed by atoms with Crippen LogP contribution < -0.4 is 4.90 Å². The van der Waals surface area contributed by atoms with Crippen LogP contribution in [0.25, 0.3) is 0 Å². The molecule has 0 fully saturated rings. The smallest absolute Gasteiger partial charge is 0.125 e. The van der Waals surface area contributed by atoms with Gasteiger partial charge in [-0.1, -0.05) is 59.6 Å². The molecule has 17 heavy (non-hydrogen) atoms. The predicted octanol–water partition coefficient (Wildman–Crippen LogP) is 5.10. The van der Waals surface area contributed by atoms with Gasteiger partial charge in [-0.25, -0.2) is 0 Å². The molecule has 2 aromatic carbocycles. The van der Waals surface area contributed by atoms with Crippen molar-refractivity contribution in [3.05, 3.63) is 71.4 Å². The zero-order chi connectivity index (χ0) is 12.1. The van der Waals surface area contributed by atoms with E-state index in [1.807, 2.05) is 65.6 Å². The van der Waals surface area contributed by atoms with E-state index < -0.39 is 0 Å². The lowest BCUT2D eigenvalue weighted by atomic mass is 10.2. The molecule has 0 aliphatic carbocycles. The number of hydrogen-bond donors (Lipinski definition) is 0. The zero-order valence-electron chi connectivity index (χ0n) is 9.05. The molecule has 0 saturated heterocycles. The minimum absolute atomic E-state index is 0.462. The minimum Gasteiger partial charge on any atom is -0.300 e. The number of halogens is 2. The summed E-state index contributed by atoms with van der Waals surface area (Å²) in [5.41, 5.74) is 3.31. The van der Waals surface area contributed by atoms with Gasteiger partial charge in [-0.3, -0.25) is 0 Å². The van der Waals surface area contributed by atoms with E-state index in [9.17, 15) is 0 Å². The standard InChI is InChI=1S/C14H11Cl2N/c15-11-14(16)17(12-7-3-1-4-8-12)13-9-5-2-6-10-13/h1-11H. The van der Waals surface area contributed by atoms with Gasteiger partial charge in [0.05, 0.1) is 0 Å². The maximum absolute atomic E-state index is 6.16. The van der Waals surface area contributed by atoms with Crippen LogP contribution in [-0.4, -0.2) is 0 Å². The van der Waals surface area contributed by atoms with Crippen molar-refractivity contribution in [2.24, 2.45) is 0 Å². The molecule has 0 atom stereocenters. The Morgan fingerprint density at radius 1 is 0.824 bits per heavy atom. The van der Waals surface area contributed by atoms with E-state index in [0.717, 1.165) is 11.4 Å². The fourth-order valence-corrected chi connectivity index (χ4v) is 1.89. The molecule has 0 aromatic heterocycles. The molecule has 0 radical (unpaired) electrons. The first-order chi connectivity index (χ1) is 8.33. The average Bonchev–Trinajstić information content (AvgIpc) is 2.41. The number of anilines is 2. The van der Waals surface area contributed by atoms with Crippen molar-refractivity contribution >= 4 is 34.6 Å². The Morgan fingerprint density at radius 2 is 1.24 bits per heavy atom. The molecule has 0 N–H and O–H groups in total. The number of rotatable bonds is 3. The Morgan fingerprint density at radius 3 is 1.59 bits per heavy atom. The Hall–Kier alpha value is -1.44. The molecule has 0 spiro atoms. The average molecular weight is 264 g/mol. The highest BCUT2D eigenvalue weighted by molar-refractivity contribution is 6.38. The number of para-hydroxylation sites is 2. The van der Waals surface area contributed by atoms with Crippen molar-refractivity contribution in [3.8, 4) is 0 Å². The summed E-state index contributed by atoms with van der Waals surface area (Å²) >= 11 is 11.9. The molecule has 0 amide bonds. The van der Waals surface area contributed by atoms with Crippen molar-refractivity contribution in [2.75, 3.05) is 4.90 Å². The molecule has 1 nitrogen and oxygen atoms in total. The summed E-state index contributed by atoms with van der Waals surface area (Å²) in [6, 6.07) is 19.7. The fourth-order valence-electron chi connectivity index (χ4n) is 1.60. The lowest BCUT2D eigenvalue weighted by Gasteiger charge is -2.23. The fraction of sp³-hybridized carbons (Fsp3) is 0. The highest BCUT2D eigenvalue weighted by Gasteiger charge is 2.11. The van der Waals surface area contributed by atoms with E-state index in [-0.39, 0.29) is 0 Å². The van der Waals surface area contributed by atoms with Crippen LogP contribution in [0.5, 0.6) is 0 Å². The first kappa shape index (κ1) is 12.0. The van der Waals surface area contributed by atoms with Gasteiger partial charge in [0.25, 0.3) is 0 Å². The van der Waals surface area contributed by atoms with Gasteiger partial charge in [-0.2, -0.15) is 0 Å². The number of benzene rings is 2. The maximum Gasteiger partial charge on any atom is 0.125 e. The van der Waals surface area contributed by atoms with Crippen LogP contribution in [0.1, 0.15) is 0 Å². The van der Waals surface area contributed by atoms with Crippen LogP contribution in [0, 0.1) is 0 Å². The van der Waals surface area contributed by atoms with Crippen molar-refractivity contribution in [1.82, 2.24) is 0 Å². The SMILES string of the molecule is ClC=C(Cl)N(c1ccccc1)c1ccccc1. The molecule has 0 unspecified atom stereocenters. The van der Waals surface area contributed by atoms with E-state index in [1.54, 1.807) is 0 Å². The molecule has 0 aliphatic heterocycles. The highest BCUT2D eigenvalue weighted by Crippen LogP contribution is 2.31. The summed E-state index contributed by atoms with van der Waals surface area (Å²) in [5, 5.41) is 0.462. The lowest BCUT2D eigenvalue weighted by molar-refractivity contribution is 1.26. The molecule has 86 valence electrons. The summed E-state index contributed by atoms with van der Waals surface area (Å²) in [6.45, 7) is 0. The monoisotopic (exact) mass is 263 g/mol. The van der Waals surface area contributed by atoms with Gasteiger partial charge in [0.1, 0.15) is 5.16 Å². The molecule has 2 aromatic rings. The van der Waals surface area contributed by atoms with E-state index in [4.69, 9.17) is 23.2 Å². The molecule has 0 bridgehead atoms. The molecular formula is C14H11Cl2N. The van der Waals surface area contributed by atoms with Crippen LogP contribution in [-0.2, 0) is 0 Å². The molecular weight excluding hydrogens is 253 g/mol. The van der Waals surface area contributed by atoms with Crippen molar-refractivity contribution < 1.29 is 0 Å². The van der Waals surface area contributed by atoms with Crippen molar-refractivity contribution in [3.63, 3.8) is 0 Å². The summed E-state index contributed by atoms with van der Waals surface area (Å²) < 4.78 is 0. The second-order valence-corrected chi connectivity index (χ2v) is 4.04. The number of hydrogen-bond acceptors (Lipinski definition) is 1. The Balaban J connectivity index is 2.47. The summed E-state index contributed by atoms with van der Waals surface area (Å²) in [5.74, 6) is 0.